The summed E-state index contributed by atoms with van der Waals surface area (Å²) in [7, 11) is 0. The lowest BCUT2D eigenvalue weighted by molar-refractivity contribution is -0.116. The minimum Gasteiger partial charge on any atom is -0.348 e. The van der Waals surface area contributed by atoms with Gasteiger partial charge in [-0.2, -0.15) is 5.10 Å². The van der Waals surface area contributed by atoms with Crippen LogP contribution in [-0.2, 0) is 17.9 Å². The van der Waals surface area contributed by atoms with Gasteiger partial charge in [0.25, 0.3) is 0 Å². The molecule has 138 valence electrons. The van der Waals surface area contributed by atoms with E-state index in [0.29, 0.717) is 6.54 Å². The summed E-state index contributed by atoms with van der Waals surface area (Å²) in [5.74, 6) is -0.104. The van der Waals surface area contributed by atoms with Gasteiger partial charge in [-0.25, -0.2) is 0 Å². The Balaban J connectivity index is 1.56. The van der Waals surface area contributed by atoms with E-state index in [1.54, 1.807) is 6.08 Å². The Morgan fingerprint density at radius 2 is 1.74 bits per heavy atom. The van der Waals surface area contributed by atoms with Crippen LogP contribution in [0.3, 0.4) is 0 Å². The van der Waals surface area contributed by atoms with Crippen molar-refractivity contribution in [1.29, 1.82) is 0 Å². The van der Waals surface area contributed by atoms with E-state index in [1.165, 1.54) is 17.3 Å². The first-order valence-electron chi connectivity index (χ1n) is 8.86. The second-order valence-corrected chi connectivity index (χ2v) is 7.22. The molecule has 0 unspecified atom stereocenters. The maximum absolute atomic E-state index is 12.1. The average molecular weight is 378 g/mol. The maximum Gasteiger partial charge on any atom is 0.244 e. The molecule has 0 saturated carbocycles. The molecule has 3 aromatic rings. The lowest BCUT2D eigenvalue weighted by Gasteiger charge is -2.06. The minimum absolute atomic E-state index is 0.104. The molecule has 0 aliphatic rings. The van der Waals surface area contributed by atoms with Gasteiger partial charge in [0.15, 0.2) is 0 Å². The van der Waals surface area contributed by atoms with Gasteiger partial charge >= 0.3 is 0 Å². The summed E-state index contributed by atoms with van der Waals surface area (Å²) in [6.07, 6.45) is 1.57. The van der Waals surface area contributed by atoms with Gasteiger partial charge in [-0.1, -0.05) is 60.3 Å². The van der Waals surface area contributed by atoms with Crippen molar-refractivity contribution < 1.29 is 4.79 Å². The first kappa shape index (κ1) is 19.0. The molecule has 0 aliphatic heterocycles. The first-order valence-corrected chi connectivity index (χ1v) is 9.74. The van der Waals surface area contributed by atoms with Crippen LogP contribution in [0, 0.1) is 13.8 Å². The largest absolute Gasteiger partial charge is 0.348 e. The van der Waals surface area contributed by atoms with Gasteiger partial charge in [0.1, 0.15) is 0 Å². The third-order valence-electron chi connectivity index (χ3n) is 4.31. The van der Waals surface area contributed by atoms with Crippen molar-refractivity contribution >= 4 is 17.7 Å². The number of hydrogen-bond acceptors (Lipinski definition) is 3. The SMILES string of the molecule is Cc1nn(Cc2ccccc2)c(C)c1CNC(=O)/C=C/Sc1ccccc1. The van der Waals surface area contributed by atoms with Crippen molar-refractivity contribution in [3.05, 3.63) is 94.7 Å². The Morgan fingerprint density at radius 1 is 1.07 bits per heavy atom. The summed E-state index contributed by atoms with van der Waals surface area (Å²) in [6, 6.07) is 20.2. The molecule has 1 N–H and O–H groups in total. The van der Waals surface area contributed by atoms with E-state index < -0.39 is 0 Å². The average Bonchev–Trinajstić information content (AvgIpc) is 2.95. The predicted octanol–water partition coefficient (Wildman–Crippen LogP) is 4.47. The molecule has 27 heavy (non-hydrogen) atoms. The topological polar surface area (TPSA) is 46.9 Å². The molecular weight excluding hydrogens is 354 g/mol. The van der Waals surface area contributed by atoms with Crippen LogP contribution in [0.15, 0.2) is 77.0 Å². The Labute approximate surface area is 164 Å². The molecule has 0 aliphatic carbocycles. The van der Waals surface area contributed by atoms with Gasteiger partial charge < -0.3 is 5.32 Å². The monoisotopic (exact) mass is 377 g/mol. The number of hydrogen-bond donors (Lipinski definition) is 1. The molecular formula is C22H23N3OS. The lowest BCUT2D eigenvalue weighted by Crippen LogP contribution is -2.21. The molecule has 5 heteroatoms. The van der Waals surface area contributed by atoms with Crippen molar-refractivity contribution in [2.45, 2.75) is 31.8 Å². The highest BCUT2D eigenvalue weighted by molar-refractivity contribution is 8.02. The molecule has 0 bridgehead atoms. The van der Waals surface area contributed by atoms with Crippen molar-refractivity contribution in [1.82, 2.24) is 15.1 Å². The van der Waals surface area contributed by atoms with Crippen molar-refractivity contribution in [2.75, 3.05) is 0 Å². The highest BCUT2D eigenvalue weighted by atomic mass is 32.2. The van der Waals surface area contributed by atoms with Crippen molar-refractivity contribution in [3.8, 4) is 0 Å². The number of carbonyl (C=O) groups excluding carboxylic acids is 1. The fraction of sp³-hybridized carbons (Fsp3) is 0.182. The van der Waals surface area contributed by atoms with Crippen molar-refractivity contribution in [2.24, 2.45) is 0 Å². The van der Waals surface area contributed by atoms with Gasteiger partial charge in [-0.3, -0.25) is 9.48 Å². The molecule has 0 fully saturated rings. The van der Waals surface area contributed by atoms with E-state index in [4.69, 9.17) is 0 Å². The second-order valence-electron chi connectivity index (χ2n) is 6.24. The summed E-state index contributed by atoms with van der Waals surface area (Å²) in [4.78, 5) is 13.2. The van der Waals surface area contributed by atoms with E-state index in [-0.39, 0.29) is 5.91 Å². The molecule has 0 saturated heterocycles. The standard InChI is InChI=1S/C22H23N3OS/c1-17-21(18(2)25(24-17)16-19-9-5-3-6-10-19)15-23-22(26)13-14-27-20-11-7-4-8-12-20/h3-14H,15-16H2,1-2H3,(H,23,26)/b14-13+. The number of thioether (sulfide) groups is 1. The van der Waals surface area contributed by atoms with Crippen LogP contribution in [0.1, 0.15) is 22.5 Å². The highest BCUT2D eigenvalue weighted by Gasteiger charge is 2.12. The number of aromatic nitrogens is 2. The lowest BCUT2D eigenvalue weighted by atomic mass is 10.2. The number of benzene rings is 2. The summed E-state index contributed by atoms with van der Waals surface area (Å²) in [6.45, 7) is 5.24. The maximum atomic E-state index is 12.1. The molecule has 1 amide bonds. The molecule has 1 heterocycles. The first-order chi connectivity index (χ1) is 13.1. The highest BCUT2D eigenvalue weighted by Crippen LogP contribution is 2.18. The quantitative estimate of drug-likeness (QED) is 0.488. The van der Waals surface area contributed by atoms with Gasteiger partial charge in [0.05, 0.1) is 12.2 Å². The second kappa shape index (κ2) is 9.24. The van der Waals surface area contributed by atoms with Crippen LogP contribution in [0.2, 0.25) is 0 Å². The zero-order chi connectivity index (χ0) is 19.1. The normalized spacial score (nSPS) is 11.0. The van der Waals surface area contributed by atoms with Gasteiger partial charge in [-0.05, 0) is 37.0 Å². The van der Waals surface area contributed by atoms with E-state index in [0.717, 1.165) is 28.4 Å². The number of amides is 1. The molecule has 0 radical (unpaired) electrons. The Morgan fingerprint density at radius 3 is 2.44 bits per heavy atom. The van der Waals surface area contributed by atoms with E-state index in [1.807, 2.05) is 72.5 Å². The molecule has 1 aromatic heterocycles. The number of rotatable bonds is 7. The van der Waals surface area contributed by atoms with Crippen molar-refractivity contribution in [3.63, 3.8) is 0 Å². The third-order valence-corrected chi connectivity index (χ3v) is 5.13. The van der Waals surface area contributed by atoms with Gasteiger partial charge in [0, 0.05) is 28.8 Å². The van der Waals surface area contributed by atoms with E-state index in [2.05, 4.69) is 22.5 Å². The van der Waals surface area contributed by atoms with Gasteiger partial charge in [-0.15, -0.1) is 0 Å². The van der Waals surface area contributed by atoms with Crippen LogP contribution in [0.5, 0.6) is 0 Å². The molecule has 3 rings (SSSR count). The smallest absolute Gasteiger partial charge is 0.244 e. The summed E-state index contributed by atoms with van der Waals surface area (Å²) in [5.41, 5.74) is 4.31. The van der Waals surface area contributed by atoms with Crippen LogP contribution in [0.25, 0.3) is 0 Å². The summed E-state index contributed by atoms with van der Waals surface area (Å²) in [5, 5.41) is 9.39. The Bertz CT molecular complexity index is 917. The fourth-order valence-electron chi connectivity index (χ4n) is 2.81. The molecule has 0 atom stereocenters. The molecule has 0 spiro atoms. The minimum atomic E-state index is -0.104. The van der Waals surface area contributed by atoms with Crippen LogP contribution < -0.4 is 5.32 Å². The number of carbonyl (C=O) groups is 1. The number of aryl methyl sites for hydroxylation is 1. The number of nitrogens with zero attached hydrogens (tertiary/aromatic N) is 2. The Hall–Kier alpha value is -2.79. The predicted molar refractivity (Wildman–Crippen MR) is 111 cm³/mol. The van der Waals surface area contributed by atoms with Gasteiger partial charge in [0.2, 0.25) is 5.91 Å². The molecule has 4 nitrogen and oxygen atoms in total. The van der Waals surface area contributed by atoms with Crippen LogP contribution >= 0.6 is 11.8 Å². The summed E-state index contributed by atoms with van der Waals surface area (Å²) < 4.78 is 1.99. The van der Waals surface area contributed by atoms with Crippen LogP contribution in [-0.4, -0.2) is 15.7 Å². The van der Waals surface area contributed by atoms with E-state index in [9.17, 15) is 4.79 Å². The fourth-order valence-corrected chi connectivity index (χ4v) is 3.47. The summed E-state index contributed by atoms with van der Waals surface area (Å²) >= 11 is 1.52. The molecule has 2 aromatic carbocycles. The van der Waals surface area contributed by atoms with E-state index >= 15 is 0 Å². The van der Waals surface area contributed by atoms with Crippen LogP contribution in [0.4, 0.5) is 0 Å². The Kier molecular flexibility index (Phi) is 6.49. The zero-order valence-corrected chi connectivity index (χ0v) is 16.4. The number of nitrogens with one attached hydrogen (secondary N) is 1. The third kappa shape index (κ3) is 5.34. The zero-order valence-electron chi connectivity index (χ0n) is 15.6.